The summed E-state index contributed by atoms with van der Waals surface area (Å²) >= 11 is 1.56. The van der Waals surface area contributed by atoms with Gasteiger partial charge in [0.1, 0.15) is 16.5 Å². The lowest BCUT2D eigenvalue weighted by molar-refractivity contribution is -0.151. The van der Waals surface area contributed by atoms with E-state index in [1.54, 1.807) is 16.2 Å². The van der Waals surface area contributed by atoms with E-state index in [4.69, 9.17) is 25.5 Å². The zero-order chi connectivity index (χ0) is 26.2. The number of carbonyl (C=O) groups is 1. The number of hydrogen-bond acceptors (Lipinski definition) is 9. The lowest BCUT2D eigenvalue weighted by Gasteiger charge is -2.37. The van der Waals surface area contributed by atoms with Crippen molar-refractivity contribution in [1.29, 1.82) is 10.8 Å². The molecule has 0 amide bonds. The average molecular weight is 526 g/mol. The summed E-state index contributed by atoms with van der Waals surface area (Å²) in [5, 5.41) is 16.4. The molecule has 4 rings (SSSR count). The number of piperazine rings is 1. The highest BCUT2D eigenvalue weighted by Gasteiger charge is 2.41. The van der Waals surface area contributed by atoms with Gasteiger partial charge in [0.2, 0.25) is 11.8 Å². The Morgan fingerprint density at radius 2 is 2.00 bits per heavy atom. The van der Waals surface area contributed by atoms with Gasteiger partial charge in [-0.1, -0.05) is 13.3 Å². The number of amidine groups is 2. The Morgan fingerprint density at radius 1 is 1.25 bits per heavy atom. The monoisotopic (exact) mass is 525 g/mol. The van der Waals surface area contributed by atoms with Gasteiger partial charge < -0.3 is 19.4 Å². The van der Waals surface area contributed by atoms with Gasteiger partial charge in [-0.05, 0) is 32.8 Å². The van der Waals surface area contributed by atoms with E-state index in [1.807, 2.05) is 24.8 Å². The van der Waals surface area contributed by atoms with Crippen LogP contribution in [0.3, 0.4) is 0 Å². The smallest absolute Gasteiger partial charge is 0.449 e. The van der Waals surface area contributed by atoms with E-state index in [-0.39, 0.29) is 43.5 Å². The van der Waals surface area contributed by atoms with Gasteiger partial charge in [-0.2, -0.15) is 18.2 Å². The molecule has 0 aromatic carbocycles. The molecular weight excluding hydrogens is 495 g/mol. The summed E-state index contributed by atoms with van der Waals surface area (Å²) in [4.78, 5) is 28.3. The first kappa shape index (κ1) is 26.1. The van der Waals surface area contributed by atoms with Gasteiger partial charge >= 0.3 is 12.1 Å². The molecule has 0 saturated carbocycles. The topological polar surface area (TPSA) is 110 Å². The van der Waals surface area contributed by atoms with E-state index < -0.39 is 12.0 Å². The van der Waals surface area contributed by atoms with Gasteiger partial charge in [0, 0.05) is 31.1 Å². The fourth-order valence-corrected chi connectivity index (χ4v) is 5.56. The lowest BCUT2D eigenvalue weighted by Crippen LogP contribution is -2.55. The maximum absolute atomic E-state index is 13.1. The number of ether oxygens (including phenoxy) is 1. The fraction of sp³-hybridized carbons (Fsp3) is 0.609. The number of aromatic nitrogens is 2. The molecule has 1 atom stereocenters. The van der Waals surface area contributed by atoms with Crippen molar-refractivity contribution >= 4 is 51.0 Å². The molecule has 0 aliphatic carbocycles. The van der Waals surface area contributed by atoms with Gasteiger partial charge in [-0.3, -0.25) is 15.6 Å². The molecule has 2 saturated heterocycles. The lowest BCUT2D eigenvalue weighted by atomic mass is 10.1. The molecule has 2 aliphatic rings. The molecule has 0 bridgehead atoms. The second-order valence-corrected chi connectivity index (χ2v) is 10.4. The molecule has 196 valence electrons. The minimum Gasteiger partial charge on any atom is -0.463 e. The Balaban J connectivity index is 1.62. The Kier molecular flexibility index (Phi) is 7.39. The first-order chi connectivity index (χ1) is 17.0. The van der Waals surface area contributed by atoms with E-state index in [0.29, 0.717) is 36.2 Å². The van der Waals surface area contributed by atoms with Crippen molar-refractivity contribution in [1.82, 2.24) is 14.9 Å². The Morgan fingerprint density at radius 3 is 2.64 bits per heavy atom. The second kappa shape index (κ2) is 10.2. The molecule has 2 N–H and O–H groups in total. The summed E-state index contributed by atoms with van der Waals surface area (Å²) in [6.45, 7) is 6.65. The predicted octanol–water partition coefficient (Wildman–Crippen LogP) is 4.06. The molecule has 0 unspecified atom stereocenters. The third-order valence-corrected chi connectivity index (χ3v) is 7.25. The summed E-state index contributed by atoms with van der Waals surface area (Å²) in [7, 11) is 0. The van der Waals surface area contributed by atoms with Crippen molar-refractivity contribution < 1.29 is 22.7 Å². The van der Waals surface area contributed by atoms with Crippen LogP contribution < -0.4 is 9.80 Å². The Labute approximate surface area is 211 Å². The van der Waals surface area contributed by atoms with Gasteiger partial charge in [0.15, 0.2) is 0 Å². The number of thiophene rings is 1. The first-order valence-corrected chi connectivity index (χ1v) is 12.8. The van der Waals surface area contributed by atoms with Crippen LogP contribution in [0.4, 0.5) is 24.9 Å². The van der Waals surface area contributed by atoms with Crippen LogP contribution in [0.15, 0.2) is 6.07 Å². The van der Waals surface area contributed by atoms with E-state index >= 15 is 0 Å². The molecule has 9 nitrogen and oxygen atoms in total. The molecule has 0 spiro atoms. The largest absolute Gasteiger partial charge is 0.463 e. The van der Waals surface area contributed by atoms with Crippen molar-refractivity contribution in [2.24, 2.45) is 5.92 Å². The third-order valence-electron chi connectivity index (χ3n) is 6.16. The summed E-state index contributed by atoms with van der Waals surface area (Å²) in [6, 6.07) is 2.02. The van der Waals surface area contributed by atoms with Crippen molar-refractivity contribution in [2.75, 3.05) is 42.5 Å². The zero-order valence-corrected chi connectivity index (χ0v) is 21.3. The second-order valence-electron chi connectivity index (χ2n) is 9.31. The Bertz CT molecular complexity index is 1170. The summed E-state index contributed by atoms with van der Waals surface area (Å²) in [5.41, 5.74) is 0. The van der Waals surface area contributed by atoms with E-state index in [0.717, 1.165) is 27.9 Å². The number of hydrogen-bond donors (Lipinski definition) is 2. The number of aryl methyl sites for hydroxylation is 1. The quantitative estimate of drug-likeness (QED) is 0.333. The van der Waals surface area contributed by atoms with Crippen molar-refractivity contribution in [2.45, 2.75) is 52.3 Å². The number of esters is 1. The molecule has 2 aliphatic heterocycles. The maximum atomic E-state index is 13.1. The summed E-state index contributed by atoms with van der Waals surface area (Å²) < 4.78 is 44.5. The summed E-state index contributed by atoms with van der Waals surface area (Å²) in [5.74, 6) is -1.34. The number of rotatable bonds is 6. The number of halogens is 3. The van der Waals surface area contributed by atoms with Gasteiger partial charge in [0.05, 0.1) is 24.0 Å². The standard InChI is InChI=1S/C23H30F3N7O2S/c1-4-5-15-10-16-18(31-8-9-33(17(27)12-31)21(28)23(24,25)26)29-22(30-19(16)36-15)32-7-6-14(11-32)20(34)35-13(2)3/h10,13-14,27-28H,4-9,11-12H2,1-3H3/t14-/m0/s1. The van der Waals surface area contributed by atoms with E-state index in [2.05, 4.69) is 6.92 Å². The highest BCUT2D eigenvalue weighted by molar-refractivity contribution is 7.18. The van der Waals surface area contributed by atoms with Crippen LogP contribution in [0.25, 0.3) is 10.2 Å². The maximum Gasteiger partial charge on any atom is 0.449 e. The number of nitrogens with one attached hydrogen (secondary N) is 2. The predicted molar refractivity (Wildman–Crippen MR) is 133 cm³/mol. The number of nitrogens with zero attached hydrogens (tertiary/aromatic N) is 5. The van der Waals surface area contributed by atoms with Crippen molar-refractivity contribution in [3.8, 4) is 0 Å². The van der Waals surface area contributed by atoms with Crippen LogP contribution in [0.1, 0.15) is 38.5 Å². The molecule has 2 aromatic heterocycles. The molecule has 2 fully saturated rings. The van der Waals surface area contributed by atoms with Gasteiger partial charge in [-0.25, -0.2) is 4.98 Å². The molecule has 36 heavy (non-hydrogen) atoms. The number of carbonyl (C=O) groups excluding carboxylic acids is 1. The van der Waals surface area contributed by atoms with Crippen molar-refractivity contribution in [3.63, 3.8) is 0 Å². The number of anilines is 2. The van der Waals surface area contributed by atoms with E-state index in [1.165, 1.54) is 0 Å². The minimum atomic E-state index is -4.81. The minimum absolute atomic E-state index is 0.105. The zero-order valence-electron chi connectivity index (χ0n) is 20.5. The van der Waals surface area contributed by atoms with E-state index in [9.17, 15) is 18.0 Å². The molecular formula is C23H30F3N7O2S. The molecule has 0 radical (unpaired) electrons. The van der Waals surface area contributed by atoms with Crippen LogP contribution in [0.2, 0.25) is 0 Å². The summed E-state index contributed by atoms with van der Waals surface area (Å²) in [6.07, 6.45) is -2.56. The molecule has 4 heterocycles. The van der Waals surface area contributed by atoms with Gasteiger partial charge in [-0.15, -0.1) is 11.3 Å². The molecule has 13 heteroatoms. The van der Waals surface area contributed by atoms with Crippen molar-refractivity contribution in [3.05, 3.63) is 10.9 Å². The fourth-order valence-electron chi connectivity index (χ4n) is 4.44. The third kappa shape index (κ3) is 5.40. The number of fused-ring (bicyclic) bond motifs is 1. The highest BCUT2D eigenvalue weighted by atomic mass is 32.1. The average Bonchev–Trinajstić information content (AvgIpc) is 3.44. The normalized spacial score (nSPS) is 19.0. The van der Waals surface area contributed by atoms with Crippen LogP contribution >= 0.6 is 11.3 Å². The van der Waals surface area contributed by atoms with Crippen LogP contribution in [0, 0.1) is 16.7 Å². The van der Waals surface area contributed by atoms with Crippen LogP contribution in [0.5, 0.6) is 0 Å². The highest BCUT2D eigenvalue weighted by Crippen LogP contribution is 2.35. The Hall–Kier alpha value is -2.96. The first-order valence-electron chi connectivity index (χ1n) is 12.0. The van der Waals surface area contributed by atoms with Crippen LogP contribution in [-0.4, -0.2) is 77.5 Å². The SMILES string of the molecule is CCCc1cc2c(N3CCN(C(=N)C(F)(F)F)C(=N)C3)nc(N3CC[C@H](C(=O)OC(C)C)C3)nc2s1. The van der Waals surface area contributed by atoms with Crippen LogP contribution in [-0.2, 0) is 16.0 Å². The number of alkyl halides is 3. The van der Waals surface area contributed by atoms with Gasteiger partial charge in [0.25, 0.3) is 0 Å². The molecule has 2 aromatic rings.